The molecule has 1 saturated carbocycles. The van der Waals surface area contributed by atoms with Crippen LogP contribution in [0.3, 0.4) is 0 Å². The average molecular weight is 567 g/mol. The summed E-state index contributed by atoms with van der Waals surface area (Å²) >= 11 is 0. The Bertz CT molecular complexity index is 1600. The number of aromatic carboxylic acids is 1. The second-order valence-corrected chi connectivity index (χ2v) is 10.4. The van der Waals surface area contributed by atoms with Gasteiger partial charge in [0, 0.05) is 24.6 Å². The fourth-order valence-corrected chi connectivity index (χ4v) is 5.11. The molecule has 2 heterocycles. The summed E-state index contributed by atoms with van der Waals surface area (Å²) in [6.07, 6.45) is -0.959. The first kappa shape index (κ1) is 28.1. The van der Waals surface area contributed by atoms with Crippen LogP contribution in [0, 0.1) is 12.8 Å². The molecular weight excluding hydrogens is 537 g/mol. The van der Waals surface area contributed by atoms with E-state index in [9.17, 15) is 27.9 Å². The number of aromatic nitrogens is 4. The number of nitrogens with one attached hydrogen (secondary N) is 1. The Morgan fingerprint density at radius 3 is 2.44 bits per heavy atom. The van der Waals surface area contributed by atoms with Crippen molar-refractivity contribution >= 4 is 28.9 Å². The molecule has 4 N–H and O–H groups in total. The number of carboxylic acids is 1. The fraction of sp³-hybridized carbons (Fsp3) is 0.345. The molecule has 1 unspecified atom stereocenters. The number of amides is 1. The van der Waals surface area contributed by atoms with E-state index in [4.69, 9.17) is 10.7 Å². The van der Waals surface area contributed by atoms with Crippen LogP contribution < -0.4 is 11.1 Å². The molecule has 0 bridgehead atoms. The number of nitrogens with two attached hydrogens (primary N) is 1. The largest absolute Gasteiger partial charge is 0.475 e. The van der Waals surface area contributed by atoms with Crippen LogP contribution in [0.1, 0.15) is 59.4 Å². The van der Waals surface area contributed by atoms with Gasteiger partial charge in [0.2, 0.25) is 11.7 Å². The molecule has 0 spiro atoms. The number of carbonyl (C=O) groups is 2. The Hall–Kier alpha value is -4.48. The molecule has 214 valence electrons. The van der Waals surface area contributed by atoms with Gasteiger partial charge in [0.05, 0.1) is 5.56 Å². The van der Waals surface area contributed by atoms with Crippen LogP contribution in [-0.2, 0) is 17.5 Å². The van der Waals surface area contributed by atoms with E-state index in [1.165, 1.54) is 12.1 Å². The number of carboxylic acid groups (broad SMARTS) is 1. The monoisotopic (exact) mass is 566 g/mol. The lowest BCUT2D eigenvalue weighted by molar-refractivity contribution is -0.137. The number of aryl methyl sites for hydroxylation is 1. The maximum atomic E-state index is 13.2. The highest BCUT2D eigenvalue weighted by Gasteiger charge is 2.31. The summed E-state index contributed by atoms with van der Waals surface area (Å²) in [6, 6.07) is 12.2. The summed E-state index contributed by atoms with van der Waals surface area (Å²) in [7, 11) is 0. The predicted octanol–water partition coefficient (Wildman–Crippen LogP) is 5.41. The van der Waals surface area contributed by atoms with E-state index in [1.54, 1.807) is 4.57 Å². The highest BCUT2D eigenvalue weighted by atomic mass is 19.4. The van der Waals surface area contributed by atoms with Crippen molar-refractivity contribution in [3.05, 3.63) is 71.0 Å². The Balaban J connectivity index is 1.67. The SMILES string of the molecule is Cc1cccc(-c2nc3nc(C(=O)O)nc(NC(CCC(N)=O)C4CCC4)c3n2Cc2ccc(C(F)(F)F)cc2)c1. The zero-order valence-corrected chi connectivity index (χ0v) is 22.3. The predicted molar refractivity (Wildman–Crippen MR) is 146 cm³/mol. The number of primary amides is 1. The molecule has 2 aromatic heterocycles. The second kappa shape index (κ2) is 11.2. The van der Waals surface area contributed by atoms with Gasteiger partial charge in [-0.15, -0.1) is 0 Å². The van der Waals surface area contributed by atoms with Gasteiger partial charge in [0.25, 0.3) is 0 Å². The van der Waals surface area contributed by atoms with Crippen molar-refractivity contribution in [3.63, 3.8) is 0 Å². The summed E-state index contributed by atoms with van der Waals surface area (Å²) < 4.78 is 41.4. The number of nitrogens with zero attached hydrogens (tertiary/aromatic N) is 4. The minimum atomic E-state index is -4.47. The molecule has 1 atom stereocenters. The van der Waals surface area contributed by atoms with E-state index >= 15 is 0 Å². The Morgan fingerprint density at radius 1 is 1.12 bits per heavy atom. The van der Waals surface area contributed by atoms with Gasteiger partial charge in [-0.3, -0.25) is 4.79 Å². The number of hydrogen-bond acceptors (Lipinski definition) is 6. The number of anilines is 1. The van der Waals surface area contributed by atoms with Crippen molar-refractivity contribution in [3.8, 4) is 11.4 Å². The van der Waals surface area contributed by atoms with E-state index in [0.29, 0.717) is 23.3 Å². The molecule has 0 radical (unpaired) electrons. The van der Waals surface area contributed by atoms with Crippen molar-refractivity contribution in [1.82, 2.24) is 19.5 Å². The van der Waals surface area contributed by atoms with Crippen LogP contribution in [0.15, 0.2) is 48.5 Å². The number of benzene rings is 2. The van der Waals surface area contributed by atoms with Crippen LogP contribution in [0.5, 0.6) is 0 Å². The van der Waals surface area contributed by atoms with E-state index < -0.39 is 29.4 Å². The van der Waals surface area contributed by atoms with Gasteiger partial charge in [-0.2, -0.15) is 13.2 Å². The van der Waals surface area contributed by atoms with Gasteiger partial charge in [0.15, 0.2) is 11.5 Å². The van der Waals surface area contributed by atoms with Crippen molar-refractivity contribution in [2.45, 2.75) is 57.8 Å². The maximum Gasteiger partial charge on any atom is 0.416 e. The standard InChI is InChI=1S/C29H29F3N6O3/c1-16-4-2-7-19(14-16)27-37-25-23(38(27)15-17-8-10-20(11-9-17)29(30,31)32)24(35-26(36-25)28(40)41)34-21(12-13-22(33)39)18-5-3-6-18/h2,4,7-11,14,18,21H,3,5-6,12-13,15H2,1H3,(H2,33,39)(H,40,41)(H,34,35,36). The molecule has 9 nitrogen and oxygen atoms in total. The van der Waals surface area contributed by atoms with Gasteiger partial charge in [-0.1, -0.05) is 42.3 Å². The molecule has 1 aliphatic rings. The Morgan fingerprint density at radius 2 is 1.85 bits per heavy atom. The van der Waals surface area contributed by atoms with E-state index in [0.717, 1.165) is 42.5 Å². The van der Waals surface area contributed by atoms with Gasteiger partial charge >= 0.3 is 12.1 Å². The van der Waals surface area contributed by atoms with Crippen molar-refractivity contribution < 1.29 is 27.9 Å². The van der Waals surface area contributed by atoms with Crippen molar-refractivity contribution in [1.29, 1.82) is 0 Å². The lowest BCUT2D eigenvalue weighted by Gasteiger charge is -2.34. The molecule has 1 aliphatic carbocycles. The van der Waals surface area contributed by atoms with Crippen molar-refractivity contribution in [2.24, 2.45) is 11.7 Å². The van der Waals surface area contributed by atoms with Gasteiger partial charge < -0.3 is 20.7 Å². The summed E-state index contributed by atoms with van der Waals surface area (Å²) in [4.78, 5) is 36.8. The van der Waals surface area contributed by atoms with Crippen LogP contribution in [-0.4, -0.2) is 42.5 Å². The van der Waals surface area contributed by atoms with Crippen molar-refractivity contribution in [2.75, 3.05) is 5.32 Å². The quantitative estimate of drug-likeness (QED) is 0.233. The number of hydrogen-bond donors (Lipinski definition) is 3. The third-order valence-corrected chi connectivity index (χ3v) is 7.44. The number of imidazole rings is 1. The van der Waals surface area contributed by atoms with Crippen LogP contribution in [0.25, 0.3) is 22.6 Å². The Kier molecular flexibility index (Phi) is 7.65. The zero-order chi connectivity index (χ0) is 29.3. The zero-order valence-electron chi connectivity index (χ0n) is 22.3. The number of alkyl halides is 3. The molecule has 0 aliphatic heterocycles. The van der Waals surface area contributed by atoms with E-state index in [1.807, 2.05) is 31.2 Å². The number of halogens is 3. The van der Waals surface area contributed by atoms with Gasteiger partial charge in [-0.25, -0.2) is 19.7 Å². The highest BCUT2D eigenvalue weighted by Crippen LogP contribution is 2.36. The normalized spacial score (nSPS) is 14.5. The lowest BCUT2D eigenvalue weighted by atomic mass is 9.78. The number of carbonyl (C=O) groups excluding carboxylic acids is 1. The molecule has 1 amide bonds. The topological polar surface area (TPSA) is 136 Å². The third kappa shape index (κ3) is 6.16. The molecule has 1 fully saturated rings. The van der Waals surface area contributed by atoms with Crippen LogP contribution in [0.4, 0.5) is 19.0 Å². The first-order valence-corrected chi connectivity index (χ1v) is 13.3. The minimum absolute atomic E-state index is 0.123. The average Bonchev–Trinajstić information content (AvgIpc) is 3.24. The summed E-state index contributed by atoms with van der Waals surface area (Å²) in [6.45, 7) is 2.04. The van der Waals surface area contributed by atoms with Gasteiger partial charge in [0.1, 0.15) is 11.3 Å². The molecular formula is C29H29F3N6O3. The van der Waals surface area contributed by atoms with Crippen LogP contribution in [0.2, 0.25) is 0 Å². The molecule has 0 saturated heterocycles. The molecule has 4 aromatic rings. The molecule has 5 rings (SSSR count). The third-order valence-electron chi connectivity index (χ3n) is 7.44. The summed E-state index contributed by atoms with van der Waals surface area (Å²) in [5.74, 6) is -1.29. The summed E-state index contributed by atoms with van der Waals surface area (Å²) in [5.41, 5.74) is 7.46. The minimum Gasteiger partial charge on any atom is -0.475 e. The fourth-order valence-electron chi connectivity index (χ4n) is 5.11. The van der Waals surface area contributed by atoms with E-state index in [-0.39, 0.29) is 36.4 Å². The molecule has 12 heteroatoms. The van der Waals surface area contributed by atoms with E-state index in [2.05, 4.69) is 15.3 Å². The maximum absolute atomic E-state index is 13.2. The first-order valence-electron chi connectivity index (χ1n) is 13.3. The molecule has 2 aromatic carbocycles. The highest BCUT2D eigenvalue weighted by molar-refractivity contribution is 5.92. The first-order chi connectivity index (χ1) is 19.5. The Labute approximate surface area is 233 Å². The number of rotatable bonds is 10. The van der Waals surface area contributed by atoms with Crippen LogP contribution >= 0.6 is 0 Å². The number of fused-ring (bicyclic) bond motifs is 1. The smallest absolute Gasteiger partial charge is 0.416 e. The second-order valence-electron chi connectivity index (χ2n) is 10.4. The summed E-state index contributed by atoms with van der Waals surface area (Å²) in [5, 5.41) is 13.1. The lowest BCUT2D eigenvalue weighted by Crippen LogP contribution is -2.35. The van der Waals surface area contributed by atoms with Gasteiger partial charge in [-0.05, 0) is 55.9 Å². The molecule has 41 heavy (non-hydrogen) atoms.